The molecule has 30 heavy (non-hydrogen) atoms. The van der Waals surface area contributed by atoms with Gasteiger partial charge in [-0.15, -0.1) is 16.4 Å². The van der Waals surface area contributed by atoms with Crippen LogP contribution in [0.5, 0.6) is 0 Å². The lowest BCUT2D eigenvalue weighted by atomic mass is 10.1. The molecule has 0 saturated heterocycles. The van der Waals surface area contributed by atoms with Crippen molar-refractivity contribution in [3.63, 3.8) is 0 Å². The highest BCUT2D eigenvalue weighted by molar-refractivity contribution is 7.13. The fourth-order valence-electron chi connectivity index (χ4n) is 2.70. The molecule has 3 heterocycles. The zero-order valence-corrected chi connectivity index (χ0v) is 17.0. The molecular formula is C17H17F3N6O3S. The number of halogens is 3. The van der Waals surface area contributed by atoms with Gasteiger partial charge >= 0.3 is 12.1 Å². The molecule has 160 valence electrons. The van der Waals surface area contributed by atoms with Crippen molar-refractivity contribution in [1.29, 1.82) is 0 Å². The van der Waals surface area contributed by atoms with Gasteiger partial charge in [-0.1, -0.05) is 0 Å². The largest absolute Gasteiger partial charge is 0.456 e. The summed E-state index contributed by atoms with van der Waals surface area (Å²) in [6.45, 7) is 4.50. The van der Waals surface area contributed by atoms with E-state index in [-0.39, 0.29) is 18.6 Å². The average molecular weight is 442 g/mol. The van der Waals surface area contributed by atoms with Crippen LogP contribution in [0.1, 0.15) is 34.9 Å². The molecule has 3 aromatic heterocycles. The van der Waals surface area contributed by atoms with Crippen LogP contribution in [0, 0.1) is 20.8 Å². The van der Waals surface area contributed by atoms with E-state index in [0.29, 0.717) is 22.1 Å². The summed E-state index contributed by atoms with van der Waals surface area (Å²) in [6.07, 6.45) is -4.61. The molecule has 0 saturated carbocycles. The lowest BCUT2D eigenvalue weighted by molar-refractivity contribution is -0.147. The van der Waals surface area contributed by atoms with Crippen LogP contribution in [0.4, 0.5) is 18.3 Å². The van der Waals surface area contributed by atoms with Crippen molar-refractivity contribution in [1.82, 2.24) is 24.6 Å². The van der Waals surface area contributed by atoms with Crippen LogP contribution in [0.2, 0.25) is 0 Å². The van der Waals surface area contributed by atoms with Crippen LogP contribution in [0.15, 0.2) is 5.38 Å². The number of rotatable bonds is 6. The monoisotopic (exact) mass is 442 g/mol. The third kappa shape index (κ3) is 4.90. The third-order valence-electron chi connectivity index (χ3n) is 4.11. The first-order valence-corrected chi connectivity index (χ1v) is 9.60. The molecule has 9 nitrogen and oxygen atoms in total. The predicted octanol–water partition coefficient (Wildman–Crippen LogP) is 2.64. The van der Waals surface area contributed by atoms with Gasteiger partial charge in [0.1, 0.15) is 0 Å². The van der Waals surface area contributed by atoms with Crippen LogP contribution >= 0.6 is 11.3 Å². The maximum absolute atomic E-state index is 12.8. The molecule has 13 heteroatoms. The molecule has 0 aromatic carbocycles. The summed E-state index contributed by atoms with van der Waals surface area (Å²) in [5.41, 5.74) is 2.15. The lowest BCUT2D eigenvalue weighted by Gasteiger charge is -2.10. The summed E-state index contributed by atoms with van der Waals surface area (Å²) in [5.74, 6) is -2.60. The van der Waals surface area contributed by atoms with Crippen molar-refractivity contribution in [3.05, 3.63) is 33.8 Å². The Morgan fingerprint density at radius 1 is 1.20 bits per heavy atom. The van der Waals surface area contributed by atoms with Gasteiger partial charge in [0.15, 0.2) is 11.7 Å². The molecule has 0 radical (unpaired) electrons. The van der Waals surface area contributed by atoms with Crippen molar-refractivity contribution in [2.24, 2.45) is 0 Å². The number of thiazole rings is 1. The van der Waals surface area contributed by atoms with Gasteiger partial charge in [0.25, 0.3) is 17.5 Å². The van der Waals surface area contributed by atoms with E-state index in [0.717, 1.165) is 10.2 Å². The van der Waals surface area contributed by atoms with E-state index in [1.807, 2.05) is 0 Å². The summed E-state index contributed by atoms with van der Waals surface area (Å²) in [5, 5.41) is 8.15. The van der Waals surface area contributed by atoms with Gasteiger partial charge in [-0.3, -0.25) is 14.9 Å². The van der Waals surface area contributed by atoms with Gasteiger partial charge in [-0.2, -0.15) is 18.2 Å². The Balaban J connectivity index is 1.60. The minimum absolute atomic E-state index is 0.0840. The smallest absolute Gasteiger partial charge is 0.453 e. The Kier molecular flexibility index (Phi) is 6.01. The Morgan fingerprint density at radius 2 is 1.93 bits per heavy atom. The van der Waals surface area contributed by atoms with Gasteiger partial charge in [0, 0.05) is 23.2 Å². The molecule has 1 amide bonds. The second-order valence-corrected chi connectivity index (χ2v) is 7.27. The Hall–Kier alpha value is -3.09. The van der Waals surface area contributed by atoms with Crippen molar-refractivity contribution < 1.29 is 27.5 Å². The molecule has 0 aliphatic carbocycles. The number of aromatic nitrogens is 5. The highest BCUT2D eigenvalue weighted by Crippen LogP contribution is 2.27. The fraction of sp³-hybridized carbons (Fsp3) is 0.412. The third-order valence-corrected chi connectivity index (χ3v) is 4.99. The van der Waals surface area contributed by atoms with Gasteiger partial charge < -0.3 is 4.74 Å². The summed E-state index contributed by atoms with van der Waals surface area (Å²) < 4.78 is 44.5. The van der Waals surface area contributed by atoms with E-state index in [1.54, 1.807) is 26.2 Å². The minimum atomic E-state index is -4.68. The number of hydrogen-bond donors (Lipinski definition) is 1. The summed E-state index contributed by atoms with van der Waals surface area (Å²) >= 11 is 1.25. The van der Waals surface area contributed by atoms with Crippen molar-refractivity contribution in [2.45, 2.75) is 39.8 Å². The van der Waals surface area contributed by atoms with E-state index >= 15 is 0 Å². The van der Waals surface area contributed by atoms with Crippen LogP contribution in [0.3, 0.4) is 0 Å². The molecule has 1 N–H and O–H groups in total. The zero-order chi connectivity index (χ0) is 22.1. The Bertz CT molecular complexity index is 1110. The Morgan fingerprint density at radius 3 is 2.57 bits per heavy atom. The number of hydrogen-bond acceptors (Lipinski definition) is 8. The summed E-state index contributed by atoms with van der Waals surface area (Å²) in [4.78, 5) is 35.3. The second kappa shape index (κ2) is 8.34. The number of nitrogens with zero attached hydrogens (tertiary/aromatic N) is 5. The average Bonchev–Trinajstić information content (AvgIpc) is 3.25. The maximum Gasteiger partial charge on any atom is 0.453 e. The lowest BCUT2D eigenvalue weighted by Crippen LogP contribution is -2.21. The number of ether oxygens (including phenoxy) is 1. The number of nitrogens with one attached hydrogen (secondary N) is 1. The standard InChI is InChI=1S/C17H17F3N6O3S/c1-8-7-30-16(21-8)23-12(27)6-29-13(28)5-4-11-9(2)22-15-24-14(17(18,19)20)25-26(15)10(11)3/h7H,4-6H2,1-3H3,(H,21,23,27). The number of carbonyl (C=O) groups is 2. The highest BCUT2D eigenvalue weighted by atomic mass is 32.1. The number of carbonyl (C=O) groups excluding carboxylic acids is 2. The second-order valence-electron chi connectivity index (χ2n) is 6.41. The summed E-state index contributed by atoms with van der Waals surface area (Å²) in [6, 6.07) is 0. The molecule has 0 aliphatic heterocycles. The molecule has 0 spiro atoms. The molecule has 0 unspecified atom stereocenters. The van der Waals surface area contributed by atoms with E-state index in [1.165, 1.54) is 11.3 Å². The number of aryl methyl sites for hydroxylation is 3. The van der Waals surface area contributed by atoms with Crippen LogP contribution in [-0.2, 0) is 26.9 Å². The van der Waals surface area contributed by atoms with Crippen molar-refractivity contribution >= 4 is 34.1 Å². The fourth-order valence-corrected chi connectivity index (χ4v) is 3.41. The normalized spacial score (nSPS) is 11.7. The molecule has 0 bridgehead atoms. The number of esters is 1. The molecule has 0 fully saturated rings. The van der Waals surface area contributed by atoms with Gasteiger partial charge in [-0.25, -0.2) is 14.5 Å². The molecule has 0 atom stereocenters. The first-order chi connectivity index (χ1) is 14.0. The summed E-state index contributed by atoms with van der Waals surface area (Å²) in [7, 11) is 0. The first-order valence-electron chi connectivity index (χ1n) is 8.72. The molecule has 0 aliphatic rings. The first kappa shape index (κ1) is 21.6. The van der Waals surface area contributed by atoms with Crippen molar-refractivity contribution in [3.8, 4) is 0 Å². The minimum Gasteiger partial charge on any atom is -0.456 e. The Labute approximate surface area is 172 Å². The van der Waals surface area contributed by atoms with E-state index in [4.69, 9.17) is 4.74 Å². The maximum atomic E-state index is 12.8. The number of fused-ring (bicyclic) bond motifs is 1. The van der Waals surface area contributed by atoms with Gasteiger partial charge in [0.2, 0.25) is 0 Å². The van der Waals surface area contributed by atoms with Gasteiger partial charge in [-0.05, 0) is 32.8 Å². The van der Waals surface area contributed by atoms with Crippen LogP contribution in [-0.4, -0.2) is 43.0 Å². The number of amides is 1. The van der Waals surface area contributed by atoms with Crippen LogP contribution in [0.25, 0.3) is 5.78 Å². The van der Waals surface area contributed by atoms with Crippen molar-refractivity contribution in [2.75, 3.05) is 11.9 Å². The quantitative estimate of drug-likeness (QED) is 0.584. The van der Waals surface area contributed by atoms with E-state index < -0.39 is 30.5 Å². The molecular weight excluding hydrogens is 425 g/mol. The number of anilines is 1. The van der Waals surface area contributed by atoms with Gasteiger partial charge in [0.05, 0.1) is 5.69 Å². The highest BCUT2D eigenvalue weighted by Gasteiger charge is 2.37. The topological polar surface area (TPSA) is 111 Å². The van der Waals surface area contributed by atoms with Crippen LogP contribution < -0.4 is 5.32 Å². The van der Waals surface area contributed by atoms with E-state index in [9.17, 15) is 22.8 Å². The SMILES string of the molecule is Cc1csc(NC(=O)COC(=O)CCc2c(C)nc3nc(C(F)(F)F)nn3c2C)n1. The number of alkyl halides is 3. The molecule has 3 rings (SSSR count). The van der Waals surface area contributed by atoms with E-state index in [2.05, 4.69) is 25.4 Å². The predicted molar refractivity (Wildman–Crippen MR) is 100 cm³/mol. The zero-order valence-electron chi connectivity index (χ0n) is 16.2. The molecule has 3 aromatic rings.